The molecule has 49 heavy (non-hydrogen) atoms. The van der Waals surface area contributed by atoms with E-state index in [1.807, 2.05) is 0 Å². The van der Waals surface area contributed by atoms with Crippen molar-refractivity contribution in [2.24, 2.45) is 0 Å². The zero-order valence-corrected chi connectivity index (χ0v) is 30.9. The van der Waals surface area contributed by atoms with Crippen molar-refractivity contribution >= 4 is 22.7 Å². The van der Waals surface area contributed by atoms with Crippen LogP contribution in [0.3, 0.4) is 0 Å². The minimum atomic E-state index is 0.0310. The van der Waals surface area contributed by atoms with Gasteiger partial charge >= 0.3 is 0 Å². The molecule has 0 radical (unpaired) electrons. The van der Waals surface area contributed by atoms with E-state index < -0.39 is 0 Å². The van der Waals surface area contributed by atoms with Gasteiger partial charge in [-0.3, -0.25) is 0 Å². The fourth-order valence-electron chi connectivity index (χ4n) is 7.65. The lowest BCUT2D eigenvalue weighted by Gasteiger charge is -2.25. The third-order valence-electron chi connectivity index (χ3n) is 10.7. The lowest BCUT2D eigenvalue weighted by Crippen LogP contribution is -2.11. The lowest BCUT2D eigenvalue weighted by atomic mass is 9.79. The first-order valence-corrected chi connectivity index (χ1v) is 18.0. The number of nitrogen functional groups attached to an aromatic ring is 4. The van der Waals surface area contributed by atoms with E-state index in [1.54, 1.807) is 0 Å². The molecule has 0 aliphatic rings. The SMILES string of the molecule is CCc1cc(C(Cc2cccc(C(c3cc(C)c(N)c(CC)c3)c3cc(C)c(N)c(CC)c3)c2)c2cc(C)c(N)c(CC)c2)cc(C)c1N. The maximum absolute atomic E-state index is 6.57. The molecule has 0 aromatic heterocycles. The molecule has 5 aromatic carbocycles. The molecule has 0 aliphatic heterocycles. The van der Waals surface area contributed by atoms with E-state index in [-0.39, 0.29) is 11.8 Å². The van der Waals surface area contributed by atoms with Crippen LogP contribution in [-0.2, 0) is 32.1 Å². The largest absolute Gasteiger partial charge is 0.398 e. The van der Waals surface area contributed by atoms with Crippen LogP contribution in [-0.4, -0.2) is 0 Å². The highest BCUT2D eigenvalue weighted by Crippen LogP contribution is 2.39. The lowest BCUT2D eigenvalue weighted by molar-refractivity contribution is 0.796. The molecule has 0 unspecified atom stereocenters. The number of anilines is 4. The molecule has 0 saturated carbocycles. The van der Waals surface area contributed by atoms with Gasteiger partial charge in [0.2, 0.25) is 0 Å². The first-order chi connectivity index (χ1) is 23.4. The van der Waals surface area contributed by atoms with Gasteiger partial charge in [0.15, 0.2) is 0 Å². The molecular weight excluding hydrogens is 597 g/mol. The van der Waals surface area contributed by atoms with Crippen molar-refractivity contribution in [3.05, 3.63) is 151 Å². The highest BCUT2D eigenvalue weighted by molar-refractivity contribution is 5.62. The Morgan fingerprint density at radius 3 is 1.14 bits per heavy atom. The molecule has 0 fully saturated rings. The second kappa shape index (κ2) is 14.8. The van der Waals surface area contributed by atoms with Gasteiger partial charge in [-0.25, -0.2) is 0 Å². The average Bonchev–Trinajstić information content (AvgIpc) is 3.09. The molecule has 0 atom stereocenters. The van der Waals surface area contributed by atoms with Gasteiger partial charge in [-0.1, -0.05) is 100 Å². The number of rotatable bonds is 11. The van der Waals surface area contributed by atoms with Crippen molar-refractivity contribution < 1.29 is 0 Å². The molecule has 4 heteroatoms. The second-order valence-electron chi connectivity index (χ2n) is 14.0. The van der Waals surface area contributed by atoms with E-state index >= 15 is 0 Å². The zero-order chi connectivity index (χ0) is 35.6. The van der Waals surface area contributed by atoms with Crippen molar-refractivity contribution in [1.82, 2.24) is 0 Å². The Kier molecular flexibility index (Phi) is 10.8. The first kappa shape index (κ1) is 35.6. The molecule has 5 rings (SSSR count). The van der Waals surface area contributed by atoms with Crippen LogP contribution in [0.15, 0.2) is 72.8 Å². The summed E-state index contributed by atoms with van der Waals surface area (Å²) in [5, 5.41) is 0. The fraction of sp³-hybridized carbons (Fsp3) is 0.333. The van der Waals surface area contributed by atoms with Crippen LogP contribution >= 0.6 is 0 Å². The molecule has 0 saturated heterocycles. The minimum Gasteiger partial charge on any atom is -0.398 e. The molecule has 8 N–H and O–H groups in total. The molecule has 256 valence electrons. The van der Waals surface area contributed by atoms with E-state index in [9.17, 15) is 0 Å². The van der Waals surface area contributed by atoms with E-state index in [0.717, 1.165) is 77.1 Å². The summed E-state index contributed by atoms with van der Waals surface area (Å²) in [5.41, 5.74) is 46.8. The monoisotopic (exact) mass is 652 g/mol. The minimum absolute atomic E-state index is 0.0310. The van der Waals surface area contributed by atoms with Crippen molar-refractivity contribution in [2.45, 2.75) is 99.3 Å². The average molecular weight is 653 g/mol. The Hall–Kier alpha value is -4.70. The summed E-state index contributed by atoms with van der Waals surface area (Å²) in [6.07, 6.45) is 4.41. The van der Waals surface area contributed by atoms with Crippen LogP contribution in [0, 0.1) is 27.7 Å². The summed E-state index contributed by atoms with van der Waals surface area (Å²) in [5.74, 6) is 0.169. The third-order valence-corrected chi connectivity index (χ3v) is 10.7. The predicted octanol–water partition coefficient (Wildman–Crippen LogP) is 10.1. The van der Waals surface area contributed by atoms with E-state index in [0.29, 0.717) is 0 Å². The van der Waals surface area contributed by atoms with Crippen molar-refractivity contribution in [1.29, 1.82) is 0 Å². The van der Waals surface area contributed by atoms with Crippen molar-refractivity contribution in [3.8, 4) is 0 Å². The smallest absolute Gasteiger partial charge is 0.0376 e. The van der Waals surface area contributed by atoms with Crippen molar-refractivity contribution in [3.63, 3.8) is 0 Å². The number of aryl methyl sites for hydroxylation is 8. The zero-order valence-electron chi connectivity index (χ0n) is 30.9. The molecule has 5 aromatic rings. The number of hydrogen-bond donors (Lipinski definition) is 4. The van der Waals surface area contributed by atoms with Gasteiger partial charge in [0.1, 0.15) is 0 Å². The van der Waals surface area contributed by atoms with Crippen LogP contribution in [0.4, 0.5) is 22.7 Å². The molecule has 0 bridgehead atoms. The molecule has 0 spiro atoms. The Morgan fingerprint density at radius 1 is 0.429 bits per heavy atom. The normalized spacial score (nSPS) is 11.6. The maximum Gasteiger partial charge on any atom is 0.0376 e. The maximum atomic E-state index is 6.57. The Balaban J connectivity index is 1.70. The quantitative estimate of drug-likeness (QED) is 0.0842. The highest BCUT2D eigenvalue weighted by Gasteiger charge is 2.24. The van der Waals surface area contributed by atoms with Gasteiger partial charge in [0.05, 0.1) is 0 Å². The Labute approximate surface area is 294 Å². The van der Waals surface area contributed by atoms with Crippen LogP contribution in [0.2, 0.25) is 0 Å². The van der Waals surface area contributed by atoms with Gasteiger partial charge < -0.3 is 22.9 Å². The van der Waals surface area contributed by atoms with Gasteiger partial charge in [-0.2, -0.15) is 0 Å². The molecule has 4 nitrogen and oxygen atoms in total. The summed E-state index contributed by atoms with van der Waals surface area (Å²) >= 11 is 0. The van der Waals surface area contributed by atoms with E-state index in [2.05, 4.69) is 128 Å². The molecule has 0 heterocycles. The second-order valence-corrected chi connectivity index (χ2v) is 14.0. The number of nitrogens with two attached hydrogens (primary N) is 4. The summed E-state index contributed by atoms with van der Waals surface area (Å²) in [4.78, 5) is 0. The first-order valence-electron chi connectivity index (χ1n) is 18.0. The molecule has 0 amide bonds. The third kappa shape index (κ3) is 7.20. The standard InChI is InChI=1S/C45H56N4/c1-9-31-22-36(16-26(5)42(31)46)40(37-17-27(6)43(47)32(10-2)23-37)21-30-14-13-15-35(20-30)41(38-18-28(7)44(48)33(11-3)24-38)39-19-29(8)45(49)34(12-4)25-39/h13-20,22-25,40-41H,9-12,21,46-49H2,1-8H3. The number of hydrogen-bond acceptors (Lipinski definition) is 4. The predicted molar refractivity (Wildman–Crippen MR) is 213 cm³/mol. The Morgan fingerprint density at radius 2 is 0.776 bits per heavy atom. The topological polar surface area (TPSA) is 104 Å². The van der Waals surface area contributed by atoms with E-state index in [1.165, 1.54) is 55.6 Å². The summed E-state index contributed by atoms with van der Waals surface area (Å²) in [7, 11) is 0. The highest BCUT2D eigenvalue weighted by atomic mass is 14.6. The van der Waals surface area contributed by atoms with Crippen LogP contribution in [0.25, 0.3) is 0 Å². The van der Waals surface area contributed by atoms with Gasteiger partial charge in [0.25, 0.3) is 0 Å². The fourth-order valence-corrected chi connectivity index (χ4v) is 7.65. The van der Waals surface area contributed by atoms with Gasteiger partial charge in [-0.05, 0) is 138 Å². The molecular formula is C45H56N4. The van der Waals surface area contributed by atoms with Crippen LogP contribution < -0.4 is 22.9 Å². The van der Waals surface area contributed by atoms with Crippen LogP contribution in [0.5, 0.6) is 0 Å². The number of benzene rings is 5. The van der Waals surface area contributed by atoms with E-state index in [4.69, 9.17) is 22.9 Å². The van der Waals surface area contributed by atoms with Gasteiger partial charge in [-0.15, -0.1) is 0 Å². The van der Waals surface area contributed by atoms with Gasteiger partial charge in [0, 0.05) is 34.6 Å². The van der Waals surface area contributed by atoms with Crippen LogP contribution in [0.1, 0.15) is 117 Å². The van der Waals surface area contributed by atoms with Crippen molar-refractivity contribution in [2.75, 3.05) is 22.9 Å². The Bertz CT molecular complexity index is 1870. The summed E-state index contributed by atoms with van der Waals surface area (Å²) in [6.45, 7) is 17.2. The summed E-state index contributed by atoms with van der Waals surface area (Å²) < 4.78 is 0. The molecule has 0 aliphatic carbocycles. The summed E-state index contributed by atoms with van der Waals surface area (Å²) in [6, 6.07) is 27.6.